The lowest BCUT2D eigenvalue weighted by atomic mass is 10.1. The molecule has 2 aromatic rings. The molecule has 0 saturated carbocycles. The van der Waals surface area contributed by atoms with E-state index in [2.05, 4.69) is 19.2 Å². The first kappa shape index (κ1) is 15.3. The van der Waals surface area contributed by atoms with Crippen LogP contribution in [0, 0.1) is 0 Å². The number of sulfonamides is 1. The van der Waals surface area contributed by atoms with Crippen LogP contribution in [0.25, 0.3) is 0 Å². The molecule has 22 heavy (non-hydrogen) atoms. The van der Waals surface area contributed by atoms with Crippen LogP contribution in [0.3, 0.4) is 0 Å². The summed E-state index contributed by atoms with van der Waals surface area (Å²) in [4.78, 5) is 6.55. The lowest BCUT2D eigenvalue weighted by Gasteiger charge is -2.34. The number of aromatic nitrogens is 2. The zero-order valence-electron chi connectivity index (χ0n) is 12.5. The Morgan fingerprint density at radius 1 is 1.50 bits per heavy atom. The van der Waals surface area contributed by atoms with Gasteiger partial charge in [0.25, 0.3) is 0 Å². The smallest absolute Gasteiger partial charge is 0.208 e. The van der Waals surface area contributed by atoms with Crippen molar-refractivity contribution < 1.29 is 12.8 Å². The van der Waals surface area contributed by atoms with Gasteiger partial charge in [0.15, 0.2) is 0 Å². The first-order valence-electron chi connectivity index (χ1n) is 7.20. The molecule has 0 fully saturated rings. The van der Waals surface area contributed by atoms with Crippen molar-refractivity contribution in [2.45, 2.75) is 25.6 Å². The van der Waals surface area contributed by atoms with Gasteiger partial charge in [-0.15, -0.1) is 0 Å². The van der Waals surface area contributed by atoms with Crippen LogP contribution in [0.2, 0.25) is 0 Å². The topological polar surface area (TPSA) is 80.4 Å². The van der Waals surface area contributed by atoms with E-state index < -0.39 is 10.0 Å². The maximum Gasteiger partial charge on any atom is 0.208 e. The molecule has 1 unspecified atom stereocenters. The van der Waals surface area contributed by atoms with Crippen LogP contribution < -0.4 is 4.72 Å². The Morgan fingerprint density at radius 3 is 3.09 bits per heavy atom. The van der Waals surface area contributed by atoms with E-state index in [1.165, 1.54) is 6.26 Å². The van der Waals surface area contributed by atoms with Crippen LogP contribution in [0.4, 0.5) is 0 Å². The van der Waals surface area contributed by atoms with Crippen LogP contribution in [-0.4, -0.2) is 42.2 Å². The molecule has 1 aliphatic heterocycles. The van der Waals surface area contributed by atoms with Gasteiger partial charge >= 0.3 is 0 Å². The number of fused-ring (bicyclic) bond motifs is 1. The van der Waals surface area contributed by atoms with E-state index in [-0.39, 0.29) is 6.04 Å². The number of nitrogens with zero attached hydrogens (tertiary/aromatic N) is 3. The monoisotopic (exact) mass is 324 g/mol. The van der Waals surface area contributed by atoms with Crippen molar-refractivity contribution in [2.24, 2.45) is 0 Å². The summed E-state index contributed by atoms with van der Waals surface area (Å²) in [6.45, 7) is 2.94. The van der Waals surface area contributed by atoms with Gasteiger partial charge in [0.1, 0.15) is 0 Å². The van der Waals surface area contributed by atoms with Crippen molar-refractivity contribution in [3.05, 3.63) is 42.4 Å². The Hall–Kier alpha value is -1.64. The summed E-state index contributed by atoms with van der Waals surface area (Å²) >= 11 is 0. The number of nitrogens with one attached hydrogen (secondary N) is 1. The predicted octanol–water partition coefficient (Wildman–Crippen LogP) is 0.972. The van der Waals surface area contributed by atoms with E-state index >= 15 is 0 Å². The van der Waals surface area contributed by atoms with Crippen molar-refractivity contribution >= 4 is 10.0 Å². The second-order valence-corrected chi connectivity index (χ2v) is 7.54. The highest BCUT2D eigenvalue weighted by molar-refractivity contribution is 7.88. The largest absolute Gasteiger partial charge is 0.472 e. The summed E-state index contributed by atoms with van der Waals surface area (Å²) in [6.07, 6.45) is 9.05. The molecule has 0 spiro atoms. The van der Waals surface area contributed by atoms with Crippen molar-refractivity contribution in [1.82, 2.24) is 19.2 Å². The Kier molecular flexibility index (Phi) is 4.32. The summed E-state index contributed by atoms with van der Waals surface area (Å²) in [5.41, 5.74) is 2.29. The molecule has 2 aromatic heterocycles. The maximum absolute atomic E-state index is 11.2. The standard InChI is InChI=1S/C14H20N4O3S/c1-22(19,20)16-4-2-13-8-17(7-12-3-5-21-10-12)9-14-6-15-11-18(13)14/h3,5-6,10-11,13,16H,2,4,7-9H2,1H3. The average molecular weight is 324 g/mol. The van der Waals surface area contributed by atoms with Crippen LogP contribution >= 0.6 is 0 Å². The molecule has 1 aliphatic rings. The Bertz CT molecular complexity index is 708. The summed E-state index contributed by atoms with van der Waals surface area (Å²) in [5.74, 6) is 0. The van der Waals surface area contributed by atoms with Crippen molar-refractivity contribution in [3.8, 4) is 0 Å². The fourth-order valence-corrected chi connectivity index (χ4v) is 3.35. The van der Waals surface area contributed by atoms with Crippen molar-refractivity contribution in [1.29, 1.82) is 0 Å². The molecule has 0 radical (unpaired) electrons. The third-order valence-electron chi connectivity index (χ3n) is 3.82. The molecule has 1 atom stereocenters. The van der Waals surface area contributed by atoms with Gasteiger partial charge < -0.3 is 8.98 Å². The summed E-state index contributed by atoms with van der Waals surface area (Å²) in [5, 5.41) is 0. The number of rotatable bonds is 6. The minimum atomic E-state index is -3.14. The quantitative estimate of drug-likeness (QED) is 0.856. The van der Waals surface area contributed by atoms with Gasteiger partial charge in [-0.25, -0.2) is 18.1 Å². The summed E-state index contributed by atoms with van der Waals surface area (Å²) < 4.78 is 32.2. The van der Waals surface area contributed by atoms with Gasteiger partial charge in [-0.1, -0.05) is 0 Å². The van der Waals surface area contributed by atoms with Crippen molar-refractivity contribution in [3.63, 3.8) is 0 Å². The van der Waals surface area contributed by atoms with Gasteiger partial charge in [-0.3, -0.25) is 4.90 Å². The highest BCUT2D eigenvalue weighted by atomic mass is 32.2. The zero-order chi connectivity index (χ0) is 15.6. The normalized spacial score (nSPS) is 19.2. The molecule has 0 aliphatic carbocycles. The molecule has 0 bridgehead atoms. The minimum Gasteiger partial charge on any atom is -0.472 e. The second kappa shape index (κ2) is 6.23. The van der Waals surface area contributed by atoms with Gasteiger partial charge in [0.05, 0.1) is 30.8 Å². The number of imidazole rings is 1. The van der Waals surface area contributed by atoms with Crippen LogP contribution in [0.15, 0.2) is 35.5 Å². The molecule has 0 saturated heterocycles. The third-order valence-corrected chi connectivity index (χ3v) is 4.55. The van der Waals surface area contributed by atoms with E-state index in [0.29, 0.717) is 6.54 Å². The van der Waals surface area contributed by atoms with E-state index in [1.54, 1.807) is 12.5 Å². The van der Waals surface area contributed by atoms with E-state index in [0.717, 1.165) is 37.3 Å². The Balaban J connectivity index is 1.66. The molecular weight excluding hydrogens is 304 g/mol. The lowest BCUT2D eigenvalue weighted by Crippen LogP contribution is -2.38. The fraction of sp³-hybridized carbons (Fsp3) is 0.500. The number of furan rings is 1. The van der Waals surface area contributed by atoms with Gasteiger partial charge in [0.2, 0.25) is 10.0 Å². The SMILES string of the molecule is CS(=O)(=O)NCCC1CN(Cc2ccoc2)Cc2cncn21. The molecule has 8 heteroatoms. The van der Waals surface area contributed by atoms with Gasteiger partial charge in [-0.05, 0) is 12.5 Å². The molecule has 7 nitrogen and oxygen atoms in total. The highest BCUT2D eigenvalue weighted by Gasteiger charge is 2.25. The third kappa shape index (κ3) is 3.76. The molecule has 0 aromatic carbocycles. The second-order valence-electron chi connectivity index (χ2n) is 5.70. The van der Waals surface area contributed by atoms with Crippen molar-refractivity contribution in [2.75, 3.05) is 19.3 Å². The maximum atomic E-state index is 11.2. The zero-order valence-corrected chi connectivity index (χ0v) is 13.3. The van der Waals surface area contributed by atoms with Crippen LogP contribution in [0.1, 0.15) is 23.7 Å². The predicted molar refractivity (Wildman–Crippen MR) is 81.5 cm³/mol. The average Bonchev–Trinajstić information content (AvgIpc) is 3.08. The Morgan fingerprint density at radius 2 is 2.36 bits per heavy atom. The minimum absolute atomic E-state index is 0.215. The van der Waals surface area contributed by atoms with Gasteiger partial charge in [0, 0.05) is 44.0 Å². The van der Waals surface area contributed by atoms with E-state index in [1.807, 2.05) is 18.6 Å². The molecule has 120 valence electrons. The summed E-state index contributed by atoms with van der Waals surface area (Å²) in [7, 11) is -3.14. The van der Waals surface area contributed by atoms with E-state index in [4.69, 9.17) is 4.42 Å². The summed E-state index contributed by atoms with van der Waals surface area (Å²) in [6, 6.07) is 2.18. The lowest BCUT2D eigenvalue weighted by molar-refractivity contribution is 0.172. The van der Waals surface area contributed by atoms with E-state index in [9.17, 15) is 8.42 Å². The molecule has 3 rings (SSSR count). The highest BCUT2D eigenvalue weighted by Crippen LogP contribution is 2.24. The molecular formula is C14H20N4O3S. The van der Waals surface area contributed by atoms with Gasteiger partial charge in [-0.2, -0.15) is 0 Å². The Labute approximate surface area is 130 Å². The fourth-order valence-electron chi connectivity index (χ4n) is 2.87. The molecule has 1 N–H and O–H groups in total. The first-order chi connectivity index (χ1) is 10.5. The van der Waals surface area contributed by atoms with Crippen LogP contribution in [-0.2, 0) is 23.1 Å². The molecule has 0 amide bonds. The number of hydrogen-bond acceptors (Lipinski definition) is 5. The van der Waals surface area contributed by atoms with Crippen LogP contribution in [0.5, 0.6) is 0 Å². The molecule has 3 heterocycles. The number of hydrogen-bond donors (Lipinski definition) is 1. The first-order valence-corrected chi connectivity index (χ1v) is 9.09.